The van der Waals surface area contributed by atoms with Crippen molar-refractivity contribution in [3.63, 3.8) is 0 Å². The first-order chi connectivity index (χ1) is 9.77. The van der Waals surface area contributed by atoms with Crippen LogP contribution in [-0.4, -0.2) is 14.9 Å². The molecule has 1 aliphatic rings. The molecule has 120 valence electrons. The lowest BCUT2D eigenvalue weighted by Crippen LogP contribution is -2.36. The second-order valence-corrected chi connectivity index (χ2v) is 11.2. The Bertz CT molecular complexity index is 211. The standard InChI is InChI=1S/C18H38OSi/c1-3-4-5-6-7-8-9-10-11-13-16-19-20(2)17-14-12-15-18-20/h3-18H2,1-2H3. The molecule has 0 aliphatic carbocycles. The minimum atomic E-state index is -1.23. The van der Waals surface area contributed by atoms with Crippen LogP contribution in [0.2, 0.25) is 18.6 Å². The largest absolute Gasteiger partial charge is 0.417 e. The van der Waals surface area contributed by atoms with Gasteiger partial charge in [-0.3, -0.25) is 0 Å². The van der Waals surface area contributed by atoms with Gasteiger partial charge in [-0.05, 0) is 25.1 Å². The molecule has 0 radical (unpaired) electrons. The Balaban J connectivity index is 1.80. The molecule has 0 amide bonds. The maximum Gasteiger partial charge on any atom is 0.189 e. The zero-order chi connectivity index (χ0) is 14.5. The lowest BCUT2D eigenvalue weighted by molar-refractivity contribution is 0.283. The predicted octanol–water partition coefficient (Wildman–Crippen LogP) is 6.68. The van der Waals surface area contributed by atoms with E-state index >= 15 is 0 Å². The second kappa shape index (κ2) is 11.8. The summed E-state index contributed by atoms with van der Waals surface area (Å²) in [6.45, 7) is 5.81. The molecule has 0 spiro atoms. The lowest BCUT2D eigenvalue weighted by Gasteiger charge is -2.31. The molecule has 0 aromatic rings. The normalized spacial score (nSPS) is 18.3. The number of rotatable bonds is 12. The Hall–Kier alpha value is 0.177. The Labute approximate surface area is 129 Å². The predicted molar refractivity (Wildman–Crippen MR) is 92.9 cm³/mol. The van der Waals surface area contributed by atoms with Crippen LogP contribution in [0.1, 0.15) is 90.4 Å². The van der Waals surface area contributed by atoms with E-state index in [9.17, 15) is 0 Å². The van der Waals surface area contributed by atoms with Gasteiger partial charge >= 0.3 is 0 Å². The van der Waals surface area contributed by atoms with Crippen LogP contribution in [0.3, 0.4) is 0 Å². The molecule has 20 heavy (non-hydrogen) atoms. The van der Waals surface area contributed by atoms with Gasteiger partial charge in [0.15, 0.2) is 8.32 Å². The van der Waals surface area contributed by atoms with E-state index in [1.807, 2.05) is 0 Å². The minimum Gasteiger partial charge on any atom is -0.417 e. The molecule has 0 saturated carbocycles. The van der Waals surface area contributed by atoms with Crippen LogP contribution in [0, 0.1) is 0 Å². The van der Waals surface area contributed by atoms with Gasteiger partial charge in [-0.1, -0.05) is 84.0 Å². The van der Waals surface area contributed by atoms with Crippen molar-refractivity contribution in [1.82, 2.24) is 0 Å². The summed E-state index contributed by atoms with van der Waals surface area (Å²) in [4.78, 5) is 0. The molecule has 0 bridgehead atoms. The Kier molecular flexibility index (Phi) is 10.7. The minimum absolute atomic E-state index is 1.05. The fraction of sp³-hybridized carbons (Fsp3) is 1.00. The van der Waals surface area contributed by atoms with Crippen LogP contribution in [0.5, 0.6) is 0 Å². The summed E-state index contributed by atoms with van der Waals surface area (Å²) >= 11 is 0. The average molecular weight is 299 g/mol. The van der Waals surface area contributed by atoms with Gasteiger partial charge in [-0.2, -0.15) is 0 Å². The van der Waals surface area contributed by atoms with Crippen molar-refractivity contribution in [2.24, 2.45) is 0 Å². The highest BCUT2D eigenvalue weighted by Crippen LogP contribution is 2.29. The summed E-state index contributed by atoms with van der Waals surface area (Å²) in [6, 6.07) is 2.84. The molecule has 0 aromatic heterocycles. The average Bonchev–Trinajstić information content (AvgIpc) is 2.45. The van der Waals surface area contributed by atoms with E-state index in [2.05, 4.69) is 13.5 Å². The Morgan fingerprint density at radius 2 is 1.20 bits per heavy atom. The third-order valence-electron chi connectivity index (χ3n) is 4.86. The summed E-state index contributed by atoms with van der Waals surface area (Å²) in [7, 11) is -1.23. The van der Waals surface area contributed by atoms with Crippen LogP contribution < -0.4 is 0 Å². The van der Waals surface area contributed by atoms with Crippen LogP contribution in [0.25, 0.3) is 0 Å². The van der Waals surface area contributed by atoms with E-state index in [-0.39, 0.29) is 0 Å². The fourth-order valence-electron chi connectivity index (χ4n) is 3.35. The number of unbranched alkanes of at least 4 members (excludes halogenated alkanes) is 9. The highest BCUT2D eigenvalue weighted by Gasteiger charge is 2.30. The molecule has 1 heterocycles. The summed E-state index contributed by atoms with van der Waals surface area (Å²) < 4.78 is 6.28. The molecular formula is C18H38OSi. The highest BCUT2D eigenvalue weighted by molar-refractivity contribution is 6.72. The molecule has 1 nitrogen and oxygen atoms in total. The summed E-state index contributed by atoms with van der Waals surface area (Å²) in [5.74, 6) is 0. The Morgan fingerprint density at radius 3 is 1.75 bits per heavy atom. The maximum atomic E-state index is 6.28. The monoisotopic (exact) mass is 298 g/mol. The zero-order valence-corrected chi connectivity index (χ0v) is 15.2. The molecule has 1 fully saturated rings. The van der Waals surface area contributed by atoms with Crippen molar-refractivity contribution in [1.29, 1.82) is 0 Å². The first-order valence-electron chi connectivity index (χ1n) is 9.41. The highest BCUT2D eigenvalue weighted by atomic mass is 28.4. The van der Waals surface area contributed by atoms with Crippen LogP contribution in [0.15, 0.2) is 0 Å². The molecule has 2 heteroatoms. The van der Waals surface area contributed by atoms with Gasteiger partial charge in [0.25, 0.3) is 0 Å². The summed E-state index contributed by atoms with van der Waals surface area (Å²) in [6.07, 6.45) is 18.5. The van der Waals surface area contributed by atoms with Crippen molar-refractivity contribution in [3.8, 4) is 0 Å². The van der Waals surface area contributed by atoms with E-state index in [4.69, 9.17) is 4.43 Å². The lowest BCUT2D eigenvalue weighted by atomic mass is 10.1. The molecule has 0 unspecified atom stereocenters. The van der Waals surface area contributed by atoms with Crippen molar-refractivity contribution in [2.45, 2.75) is 109 Å². The van der Waals surface area contributed by atoms with Gasteiger partial charge in [-0.15, -0.1) is 0 Å². The van der Waals surface area contributed by atoms with Crippen LogP contribution in [0.4, 0.5) is 0 Å². The van der Waals surface area contributed by atoms with Crippen molar-refractivity contribution in [2.75, 3.05) is 6.61 Å². The zero-order valence-electron chi connectivity index (χ0n) is 14.2. The molecular weight excluding hydrogens is 260 g/mol. The summed E-state index contributed by atoms with van der Waals surface area (Å²) in [5, 5.41) is 0. The van der Waals surface area contributed by atoms with Crippen LogP contribution in [-0.2, 0) is 4.43 Å². The first kappa shape index (κ1) is 18.2. The van der Waals surface area contributed by atoms with Gasteiger partial charge in [0, 0.05) is 6.61 Å². The van der Waals surface area contributed by atoms with Gasteiger partial charge in [-0.25, -0.2) is 0 Å². The van der Waals surface area contributed by atoms with E-state index in [1.165, 1.54) is 95.6 Å². The molecule has 0 atom stereocenters. The Morgan fingerprint density at radius 1 is 0.700 bits per heavy atom. The molecule has 0 N–H and O–H groups in total. The molecule has 1 saturated heterocycles. The van der Waals surface area contributed by atoms with E-state index < -0.39 is 8.32 Å². The third-order valence-corrected chi connectivity index (χ3v) is 8.58. The van der Waals surface area contributed by atoms with Gasteiger partial charge in [0.1, 0.15) is 0 Å². The first-order valence-corrected chi connectivity index (χ1v) is 12.2. The van der Waals surface area contributed by atoms with Gasteiger partial charge < -0.3 is 4.43 Å². The molecule has 1 aliphatic heterocycles. The van der Waals surface area contributed by atoms with Crippen molar-refractivity contribution < 1.29 is 4.43 Å². The second-order valence-electron chi connectivity index (χ2n) is 7.04. The fourth-order valence-corrected chi connectivity index (χ4v) is 6.52. The van der Waals surface area contributed by atoms with E-state index in [1.54, 1.807) is 0 Å². The smallest absolute Gasteiger partial charge is 0.189 e. The van der Waals surface area contributed by atoms with Crippen LogP contribution >= 0.6 is 0 Å². The van der Waals surface area contributed by atoms with E-state index in [0.29, 0.717) is 0 Å². The number of hydrogen-bond acceptors (Lipinski definition) is 1. The van der Waals surface area contributed by atoms with E-state index in [0.717, 1.165) is 6.61 Å². The topological polar surface area (TPSA) is 9.23 Å². The molecule has 0 aromatic carbocycles. The van der Waals surface area contributed by atoms with Crippen molar-refractivity contribution >= 4 is 8.32 Å². The third kappa shape index (κ3) is 9.18. The quantitative estimate of drug-likeness (QED) is 0.288. The SMILES string of the molecule is CCCCCCCCCCCCO[Si]1(C)CCCCC1. The van der Waals surface area contributed by atoms with Gasteiger partial charge in [0.05, 0.1) is 0 Å². The maximum absolute atomic E-state index is 6.28. The molecule has 1 rings (SSSR count). The summed E-state index contributed by atoms with van der Waals surface area (Å²) in [5.41, 5.74) is 0. The van der Waals surface area contributed by atoms with Crippen molar-refractivity contribution in [3.05, 3.63) is 0 Å². The number of hydrogen-bond donors (Lipinski definition) is 0. The van der Waals surface area contributed by atoms with Gasteiger partial charge in [0.2, 0.25) is 0 Å².